The third-order valence-corrected chi connectivity index (χ3v) is 2.31. The van der Waals surface area contributed by atoms with Crippen molar-refractivity contribution in [3.63, 3.8) is 0 Å². The number of aliphatic carboxylic acids is 1. The molecule has 0 aromatic heterocycles. The molecule has 0 amide bonds. The molecule has 0 spiro atoms. The van der Waals surface area contributed by atoms with E-state index in [2.05, 4.69) is 0 Å². The van der Waals surface area contributed by atoms with Crippen molar-refractivity contribution in [3.8, 4) is 0 Å². The molecule has 0 aliphatic rings. The summed E-state index contributed by atoms with van der Waals surface area (Å²) in [7, 11) is 0. The minimum atomic E-state index is -0.996. The maximum absolute atomic E-state index is 11.7. The van der Waals surface area contributed by atoms with Crippen molar-refractivity contribution in [1.82, 2.24) is 0 Å². The van der Waals surface area contributed by atoms with Crippen molar-refractivity contribution < 1.29 is 42.7 Å². The molecule has 0 heterocycles. The van der Waals surface area contributed by atoms with Gasteiger partial charge in [0, 0.05) is 0 Å². The summed E-state index contributed by atoms with van der Waals surface area (Å²) < 4.78 is 42.3. The van der Waals surface area contributed by atoms with E-state index in [4.69, 9.17) is 33.5 Å². The quantitative estimate of drug-likeness (QED) is 0.331. The Kier molecular flexibility index (Phi) is 18.5. The molecule has 0 aromatic carbocycles. The van der Waals surface area contributed by atoms with Crippen LogP contribution in [0.2, 0.25) is 0 Å². The Hall–Kier alpha value is -0.840. The van der Waals surface area contributed by atoms with E-state index >= 15 is 0 Å². The summed E-state index contributed by atoms with van der Waals surface area (Å²) in [5, 5.41) is 8.33. The number of carboxylic acids is 1. The number of ether oxygens (including phenoxy) is 6. The summed E-state index contributed by atoms with van der Waals surface area (Å²) in [4.78, 5) is 10.1. The Morgan fingerprint density at radius 3 is 1.22 bits per heavy atom. The zero-order chi connectivity index (χ0) is 17.0. The van der Waals surface area contributed by atoms with Gasteiger partial charge in [-0.25, -0.2) is 9.18 Å². The average Bonchev–Trinajstić information content (AvgIpc) is 2.53. The number of hydrogen-bond acceptors (Lipinski definition) is 7. The van der Waals surface area contributed by atoms with Crippen LogP contribution in [0.25, 0.3) is 0 Å². The monoisotopic (exact) mass is 342 g/mol. The molecule has 0 saturated heterocycles. The molecule has 0 rings (SSSR count). The number of halogens is 1. The smallest absolute Gasteiger partial charge is 0.329 e. The summed E-state index contributed by atoms with van der Waals surface area (Å²) in [5.41, 5.74) is 0. The first-order valence-corrected chi connectivity index (χ1v) is 7.51. The Labute approximate surface area is 135 Å². The lowest BCUT2D eigenvalue weighted by atomic mass is 10.6. The number of alkyl halides is 1. The Morgan fingerprint density at radius 2 is 0.913 bits per heavy atom. The maximum atomic E-state index is 11.7. The van der Waals surface area contributed by atoms with E-state index < -0.39 is 12.6 Å². The van der Waals surface area contributed by atoms with Gasteiger partial charge in [-0.15, -0.1) is 0 Å². The molecule has 23 heavy (non-hydrogen) atoms. The SMILES string of the molecule is O=C(O)COCCOCCOCCOCCOCCOCCF. The van der Waals surface area contributed by atoms with Gasteiger partial charge >= 0.3 is 5.97 Å². The zero-order valence-corrected chi connectivity index (χ0v) is 13.4. The van der Waals surface area contributed by atoms with E-state index in [-0.39, 0.29) is 19.8 Å². The van der Waals surface area contributed by atoms with Gasteiger partial charge in [0.05, 0.1) is 72.7 Å². The van der Waals surface area contributed by atoms with Gasteiger partial charge in [-0.3, -0.25) is 0 Å². The van der Waals surface area contributed by atoms with Crippen molar-refractivity contribution in [2.45, 2.75) is 0 Å². The van der Waals surface area contributed by atoms with Crippen LogP contribution < -0.4 is 0 Å². The number of carboxylic acid groups (broad SMARTS) is 1. The largest absolute Gasteiger partial charge is 0.480 e. The standard InChI is InChI=1S/C14H27FO8/c15-1-2-18-3-4-19-5-6-20-7-8-21-9-10-22-11-12-23-13-14(16)17/h1-13H2,(H,16,17). The maximum Gasteiger partial charge on any atom is 0.329 e. The van der Waals surface area contributed by atoms with Gasteiger partial charge in [0.1, 0.15) is 13.3 Å². The lowest BCUT2D eigenvalue weighted by Gasteiger charge is -2.07. The highest BCUT2D eigenvalue weighted by Crippen LogP contribution is 1.84. The second-order valence-electron chi connectivity index (χ2n) is 4.20. The lowest BCUT2D eigenvalue weighted by Crippen LogP contribution is -2.15. The molecular weight excluding hydrogens is 315 g/mol. The molecular formula is C14H27FO8. The van der Waals surface area contributed by atoms with E-state index in [9.17, 15) is 9.18 Å². The van der Waals surface area contributed by atoms with Gasteiger partial charge in [0.2, 0.25) is 0 Å². The van der Waals surface area contributed by atoms with Crippen LogP contribution in [0, 0.1) is 0 Å². The van der Waals surface area contributed by atoms with Crippen molar-refractivity contribution in [3.05, 3.63) is 0 Å². The Bertz CT molecular complexity index is 255. The first kappa shape index (κ1) is 22.2. The molecule has 0 saturated carbocycles. The predicted molar refractivity (Wildman–Crippen MR) is 78.5 cm³/mol. The first-order chi connectivity index (χ1) is 11.3. The van der Waals surface area contributed by atoms with Crippen LogP contribution in [0.1, 0.15) is 0 Å². The molecule has 9 heteroatoms. The van der Waals surface area contributed by atoms with Crippen molar-refractivity contribution in [1.29, 1.82) is 0 Å². The third-order valence-electron chi connectivity index (χ3n) is 2.31. The van der Waals surface area contributed by atoms with E-state index in [1.165, 1.54) is 0 Å². The third kappa shape index (κ3) is 21.2. The zero-order valence-electron chi connectivity index (χ0n) is 13.4. The van der Waals surface area contributed by atoms with E-state index in [1.807, 2.05) is 0 Å². The average molecular weight is 342 g/mol. The highest BCUT2D eigenvalue weighted by atomic mass is 19.1. The van der Waals surface area contributed by atoms with Crippen LogP contribution >= 0.6 is 0 Å². The first-order valence-electron chi connectivity index (χ1n) is 7.51. The van der Waals surface area contributed by atoms with Gasteiger partial charge < -0.3 is 33.5 Å². The van der Waals surface area contributed by atoms with Crippen LogP contribution in [0.4, 0.5) is 4.39 Å². The fraction of sp³-hybridized carbons (Fsp3) is 0.929. The molecule has 0 unspecified atom stereocenters. The van der Waals surface area contributed by atoms with Crippen molar-refractivity contribution in [2.75, 3.05) is 86.0 Å². The highest BCUT2D eigenvalue weighted by molar-refractivity contribution is 5.67. The van der Waals surface area contributed by atoms with Gasteiger partial charge in [0.25, 0.3) is 0 Å². The minimum Gasteiger partial charge on any atom is -0.480 e. The minimum absolute atomic E-state index is 0.107. The second-order valence-corrected chi connectivity index (χ2v) is 4.20. The Morgan fingerprint density at radius 1 is 0.609 bits per heavy atom. The topological polar surface area (TPSA) is 92.7 Å². The number of rotatable bonds is 19. The van der Waals surface area contributed by atoms with Crippen molar-refractivity contribution >= 4 is 5.97 Å². The summed E-state index contributed by atoms with van der Waals surface area (Å²) in [6.07, 6.45) is 0. The van der Waals surface area contributed by atoms with E-state index in [1.54, 1.807) is 0 Å². The van der Waals surface area contributed by atoms with Crippen LogP contribution in [0.3, 0.4) is 0 Å². The summed E-state index contributed by atoms with van der Waals surface area (Å²) in [6.45, 7) is 3.39. The fourth-order valence-electron chi connectivity index (χ4n) is 1.31. The molecule has 0 atom stereocenters. The van der Waals surface area contributed by atoms with Gasteiger partial charge in [-0.05, 0) is 0 Å². The Balaban J connectivity index is 2.96. The highest BCUT2D eigenvalue weighted by Gasteiger charge is 1.96. The van der Waals surface area contributed by atoms with E-state index in [0.717, 1.165) is 0 Å². The molecule has 0 fully saturated rings. The molecule has 0 radical (unpaired) electrons. The molecule has 1 N–H and O–H groups in total. The van der Waals surface area contributed by atoms with Crippen LogP contribution in [-0.4, -0.2) is 97.0 Å². The molecule has 0 bridgehead atoms. The number of carbonyl (C=O) groups is 1. The molecule has 0 aliphatic carbocycles. The van der Waals surface area contributed by atoms with Crippen LogP contribution in [0.5, 0.6) is 0 Å². The fourth-order valence-corrected chi connectivity index (χ4v) is 1.31. The number of hydrogen-bond donors (Lipinski definition) is 1. The summed E-state index contributed by atoms with van der Waals surface area (Å²) in [6, 6.07) is 0. The normalized spacial score (nSPS) is 11.0. The van der Waals surface area contributed by atoms with Crippen LogP contribution in [0.15, 0.2) is 0 Å². The van der Waals surface area contributed by atoms with Crippen LogP contribution in [-0.2, 0) is 33.2 Å². The van der Waals surface area contributed by atoms with Gasteiger partial charge in [-0.1, -0.05) is 0 Å². The van der Waals surface area contributed by atoms with Gasteiger partial charge in [-0.2, -0.15) is 0 Å². The second kappa shape index (κ2) is 19.2. The van der Waals surface area contributed by atoms with Crippen molar-refractivity contribution in [2.24, 2.45) is 0 Å². The summed E-state index contributed by atoms with van der Waals surface area (Å²) in [5.74, 6) is -0.996. The van der Waals surface area contributed by atoms with E-state index in [0.29, 0.717) is 59.5 Å². The van der Waals surface area contributed by atoms with Gasteiger partial charge in [0.15, 0.2) is 0 Å². The molecule has 0 aliphatic heterocycles. The lowest BCUT2D eigenvalue weighted by molar-refractivity contribution is -0.142. The molecule has 8 nitrogen and oxygen atoms in total. The molecule has 0 aromatic rings. The molecule has 138 valence electrons. The summed E-state index contributed by atoms with van der Waals surface area (Å²) >= 11 is 0. The predicted octanol–water partition coefficient (Wildman–Crippen LogP) is 0.140.